The molecule has 0 bridgehead atoms. The molecule has 0 aromatic heterocycles. The predicted molar refractivity (Wildman–Crippen MR) is 67.1 cm³/mol. The van der Waals surface area contributed by atoms with Crippen molar-refractivity contribution >= 4 is 11.9 Å². The van der Waals surface area contributed by atoms with Gasteiger partial charge in [-0.3, -0.25) is 9.59 Å². The van der Waals surface area contributed by atoms with Gasteiger partial charge >= 0.3 is 5.97 Å². The summed E-state index contributed by atoms with van der Waals surface area (Å²) in [6.07, 6.45) is 1.68. The van der Waals surface area contributed by atoms with Crippen LogP contribution in [-0.4, -0.2) is 24.0 Å². The van der Waals surface area contributed by atoms with Crippen LogP contribution < -0.4 is 5.32 Å². The Bertz CT molecular complexity index is 430. The molecule has 1 aromatic rings. The number of hydrogen-bond donors (Lipinski definition) is 1. The van der Waals surface area contributed by atoms with Gasteiger partial charge in [-0.1, -0.05) is 18.2 Å². The minimum atomic E-state index is -0.271. The van der Waals surface area contributed by atoms with Crippen LogP contribution in [0.25, 0.3) is 0 Å². The minimum Gasteiger partial charge on any atom is -0.460 e. The number of nitrogens with one attached hydrogen (secondary N) is 1. The molecule has 2 atom stereocenters. The van der Waals surface area contributed by atoms with Crippen molar-refractivity contribution in [3.8, 4) is 0 Å². The summed E-state index contributed by atoms with van der Waals surface area (Å²) in [7, 11) is 0. The summed E-state index contributed by atoms with van der Waals surface area (Å²) < 4.78 is 5.21. The summed E-state index contributed by atoms with van der Waals surface area (Å²) in [5.41, 5.74) is 0.625. The van der Waals surface area contributed by atoms with Crippen molar-refractivity contribution in [3.63, 3.8) is 0 Å². The van der Waals surface area contributed by atoms with Crippen LogP contribution in [0.1, 0.15) is 36.5 Å². The van der Waals surface area contributed by atoms with Crippen LogP contribution in [0.4, 0.5) is 0 Å². The molecule has 1 fully saturated rings. The Labute approximate surface area is 106 Å². The van der Waals surface area contributed by atoms with E-state index in [0.29, 0.717) is 12.0 Å². The monoisotopic (exact) mass is 247 g/mol. The normalized spacial score (nSPS) is 23.9. The number of amides is 1. The van der Waals surface area contributed by atoms with E-state index in [2.05, 4.69) is 5.32 Å². The van der Waals surface area contributed by atoms with E-state index in [-0.39, 0.29) is 24.0 Å². The molecule has 96 valence electrons. The first-order valence-electron chi connectivity index (χ1n) is 6.22. The zero-order valence-electron chi connectivity index (χ0n) is 10.4. The number of rotatable bonds is 2. The molecule has 0 spiro atoms. The van der Waals surface area contributed by atoms with Crippen LogP contribution in [0.3, 0.4) is 0 Å². The van der Waals surface area contributed by atoms with E-state index in [9.17, 15) is 9.59 Å². The van der Waals surface area contributed by atoms with Crippen molar-refractivity contribution in [3.05, 3.63) is 35.9 Å². The third-order valence-electron chi connectivity index (χ3n) is 3.13. The van der Waals surface area contributed by atoms with Crippen LogP contribution in [-0.2, 0) is 9.53 Å². The fourth-order valence-electron chi connectivity index (χ4n) is 2.08. The first-order chi connectivity index (χ1) is 8.66. The number of carbonyl (C=O) groups is 2. The Morgan fingerprint density at radius 3 is 2.78 bits per heavy atom. The Balaban J connectivity index is 2.00. The van der Waals surface area contributed by atoms with Gasteiger partial charge in [0.2, 0.25) is 0 Å². The molecule has 1 aliphatic heterocycles. The van der Waals surface area contributed by atoms with E-state index in [0.717, 1.165) is 12.8 Å². The summed E-state index contributed by atoms with van der Waals surface area (Å²) in [6, 6.07) is 8.94. The second-order valence-electron chi connectivity index (χ2n) is 4.53. The van der Waals surface area contributed by atoms with Crippen molar-refractivity contribution in [2.45, 2.75) is 38.3 Å². The van der Waals surface area contributed by atoms with Gasteiger partial charge in [-0.05, 0) is 31.9 Å². The second kappa shape index (κ2) is 5.67. The SMILES string of the molecule is C[C@@H]1OC(=O)CCC[C@H]1NC(=O)c1ccccc1. The summed E-state index contributed by atoms with van der Waals surface area (Å²) in [4.78, 5) is 23.3. The van der Waals surface area contributed by atoms with Crippen molar-refractivity contribution in [1.82, 2.24) is 5.32 Å². The van der Waals surface area contributed by atoms with Crippen LogP contribution in [0.15, 0.2) is 30.3 Å². The molecule has 18 heavy (non-hydrogen) atoms. The number of ether oxygens (including phenoxy) is 1. The van der Waals surface area contributed by atoms with Crippen LogP contribution in [0.2, 0.25) is 0 Å². The zero-order valence-corrected chi connectivity index (χ0v) is 10.4. The molecule has 0 saturated carbocycles. The molecule has 0 radical (unpaired) electrons. The lowest BCUT2D eigenvalue weighted by Crippen LogP contribution is -2.42. The van der Waals surface area contributed by atoms with Crippen molar-refractivity contribution < 1.29 is 14.3 Å². The average molecular weight is 247 g/mol. The summed E-state index contributed by atoms with van der Waals surface area (Å²) in [6.45, 7) is 1.82. The Hall–Kier alpha value is -1.84. The first kappa shape index (κ1) is 12.6. The molecular weight excluding hydrogens is 230 g/mol. The minimum absolute atomic E-state index is 0.107. The van der Waals surface area contributed by atoms with Gasteiger partial charge in [0, 0.05) is 12.0 Å². The van der Waals surface area contributed by atoms with Gasteiger partial charge in [-0.2, -0.15) is 0 Å². The molecule has 4 nitrogen and oxygen atoms in total. The van der Waals surface area contributed by atoms with Gasteiger partial charge in [-0.15, -0.1) is 0 Å². The highest BCUT2D eigenvalue weighted by Gasteiger charge is 2.26. The highest BCUT2D eigenvalue weighted by molar-refractivity contribution is 5.94. The van der Waals surface area contributed by atoms with E-state index in [4.69, 9.17) is 4.74 Å². The fraction of sp³-hybridized carbons (Fsp3) is 0.429. The average Bonchev–Trinajstić information content (AvgIpc) is 2.52. The van der Waals surface area contributed by atoms with E-state index in [1.54, 1.807) is 12.1 Å². The van der Waals surface area contributed by atoms with Crippen molar-refractivity contribution in [2.75, 3.05) is 0 Å². The molecular formula is C14H17NO3. The molecule has 0 aliphatic carbocycles. The van der Waals surface area contributed by atoms with Gasteiger partial charge in [0.1, 0.15) is 6.10 Å². The first-order valence-corrected chi connectivity index (χ1v) is 6.22. The van der Waals surface area contributed by atoms with E-state index < -0.39 is 0 Å². The fourth-order valence-corrected chi connectivity index (χ4v) is 2.08. The van der Waals surface area contributed by atoms with Crippen molar-refractivity contribution in [1.29, 1.82) is 0 Å². The zero-order chi connectivity index (χ0) is 13.0. The number of hydrogen-bond acceptors (Lipinski definition) is 3. The number of cyclic esters (lactones) is 1. The van der Waals surface area contributed by atoms with E-state index in [1.807, 2.05) is 25.1 Å². The van der Waals surface area contributed by atoms with Gasteiger partial charge < -0.3 is 10.1 Å². The maximum Gasteiger partial charge on any atom is 0.306 e. The van der Waals surface area contributed by atoms with Crippen LogP contribution >= 0.6 is 0 Å². The Morgan fingerprint density at radius 2 is 2.06 bits per heavy atom. The van der Waals surface area contributed by atoms with E-state index in [1.165, 1.54) is 0 Å². The summed E-state index contributed by atoms with van der Waals surface area (Å²) in [5, 5.41) is 2.93. The van der Waals surface area contributed by atoms with Gasteiger partial charge in [0.15, 0.2) is 0 Å². The maximum atomic E-state index is 12.0. The van der Waals surface area contributed by atoms with E-state index >= 15 is 0 Å². The third kappa shape index (κ3) is 3.09. The largest absolute Gasteiger partial charge is 0.460 e. The Kier molecular flexibility index (Phi) is 3.97. The van der Waals surface area contributed by atoms with Crippen LogP contribution in [0, 0.1) is 0 Å². The molecule has 1 aliphatic rings. The predicted octanol–water partition coefficient (Wildman–Crippen LogP) is 1.90. The molecule has 1 saturated heterocycles. The lowest BCUT2D eigenvalue weighted by molar-refractivity contribution is -0.147. The van der Waals surface area contributed by atoms with Gasteiger partial charge in [0.25, 0.3) is 5.91 Å². The quantitative estimate of drug-likeness (QED) is 0.812. The van der Waals surface area contributed by atoms with Crippen LogP contribution in [0.5, 0.6) is 0 Å². The molecule has 1 aromatic carbocycles. The number of esters is 1. The standard InChI is InChI=1S/C14H17NO3/c1-10-12(8-5-9-13(16)18-10)15-14(17)11-6-3-2-4-7-11/h2-4,6-7,10,12H,5,8-9H2,1H3,(H,15,17)/t10-,12+/m0/s1. The topological polar surface area (TPSA) is 55.4 Å². The maximum absolute atomic E-state index is 12.0. The molecule has 1 heterocycles. The number of carbonyl (C=O) groups excluding carboxylic acids is 2. The summed E-state index contributed by atoms with van der Waals surface area (Å²) in [5.74, 6) is -0.302. The molecule has 0 unspecified atom stereocenters. The molecule has 2 rings (SSSR count). The molecule has 1 N–H and O–H groups in total. The second-order valence-corrected chi connectivity index (χ2v) is 4.53. The third-order valence-corrected chi connectivity index (χ3v) is 3.13. The van der Waals surface area contributed by atoms with Crippen molar-refractivity contribution in [2.24, 2.45) is 0 Å². The Morgan fingerprint density at radius 1 is 1.33 bits per heavy atom. The lowest BCUT2D eigenvalue weighted by Gasteiger charge is -2.22. The number of benzene rings is 1. The summed E-state index contributed by atoms with van der Waals surface area (Å²) >= 11 is 0. The molecule has 1 amide bonds. The molecule has 4 heteroatoms. The lowest BCUT2D eigenvalue weighted by atomic mass is 10.1. The van der Waals surface area contributed by atoms with Gasteiger partial charge in [0.05, 0.1) is 6.04 Å². The highest BCUT2D eigenvalue weighted by atomic mass is 16.5. The highest BCUT2D eigenvalue weighted by Crippen LogP contribution is 2.15. The van der Waals surface area contributed by atoms with Gasteiger partial charge in [-0.25, -0.2) is 0 Å². The smallest absolute Gasteiger partial charge is 0.306 e.